The molecule has 9 nitrogen and oxygen atoms in total. The average Bonchev–Trinajstić information content (AvgIpc) is 2.36. The van der Waals surface area contributed by atoms with Crippen LogP contribution < -0.4 is 5.73 Å². The van der Waals surface area contributed by atoms with Crippen LogP contribution in [0.3, 0.4) is 0 Å². The fraction of sp³-hybridized carbons (Fsp3) is 0.800. The number of carboxylic acids is 1. The molecular formula is C10H16N2O7. The molecule has 1 amide bonds. The van der Waals surface area contributed by atoms with E-state index < -0.39 is 48.6 Å². The Labute approximate surface area is 108 Å². The van der Waals surface area contributed by atoms with Crippen molar-refractivity contribution in [1.82, 2.24) is 4.90 Å². The molecule has 0 bridgehead atoms. The monoisotopic (exact) mass is 276 g/mol. The number of cyclic esters (lactones) is 1. The summed E-state index contributed by atoms with van der Waals surface area (Å²) in [5.41, 5.74) is 5.38. The molecule has 2 aliphatic heterocycles. The minimum atomic E-state index is -1.79. The van der Waals surface area contributed by atoms with Gasteiger partial charge in [-0.05, 0) is 0 Å². The van der Waals surface area contributed by atoms with Crippen LogP contribution in [-0.4, -0.2) is 80.4 Å². The molecule has 0 unspecified atom stereocenters. The number of carbonyl (C=O) groups excluding carboxylic acids is 1. The van der Waals surface area contributed by atoms with Gasteiger partial charge in [-0.2, -0.15) is 0 Å². The Bertz CT molecular complexity index is 390. The summed E-state index contributed by atoms with van der Waals surface area (Å²) in [7, 11) is 0. The van der Waals surface area contributed by atoms with Crippen LogP contribution in [0.5, 0.6) is 0 Å². The summed E-state index contributed by atoms with van der Waals surface area (Å²) in [6, 6.07) is -2.61. The Morgan fingerprint density at radius 1 is 1.32 bits per heavy atom. The number of rotatable bonds is 2. The van der Waals surface area contributed by atoms with E-state index in [2.05, 4.69) is 0 Å². The van der Waals surface area contributed by atoms with Crippen LogP contribution in [0, 0.1) is 0 Å². The fourth-order valence-corrected chi connectivity index (χ4v) is 2.58. The maximum absolute atomic E-state index is 11.8. The lowest BCUT2D eigenvalue weighted by atomic mass is 9.85. The quantitative estimate of drug-likeness (QED) is 0.359. The summed E-state index contributed by atoms with van der Waals surface area (Å²) in [4.78, 5) is 23.7. The van der Waals surface area contributed by atoms with Gasteiger partial charge < -0.3 is 30.9 Å². The van der Waals surface area contributed by atoms with E-state index in [0.717, 1.165) is 4.90 Å². The topological polar surface area (TPSA) is 154 Å². The van der Waals surface area contributed by atoms with Gasteiger partial charge in [-0.3, -0.25) is 4.90 Å². The predicted molar refractivity (Wildman–Crippen MR) is 59.0 cm³/mol. The largest absolute Gasteiger partial charge is 0.480 e. The number of piperidine rings is 1. The Hall–Kier alpha value is -1.42. The highest BCUT2D eigenvalue weighted by Gasteiger charge is 2.55. The molecule has 2 saturated heterocycles. The van der Waals surface area contributed by atoms with Crippen molar-refractivity contribution in [2.45, 2.75) is 42.9 Å². The number of amides is 1. The summed E-state index contributed by atoms with van der Waals surface area (Å²) in [6.45, 7) is 0.0270. The minimum absolute atomic E-state index is 0.0270. The molecular weight excluding hydrogens is 260 g/mol. The number of hydrogen-bond acceptors (Lipinski definition) is 7. The molecule has 2 rings (SSSR count). The lowest BCUT2D eigenvalue weighted by Crippen LogP contribution is -2.72. The maximum atomic E-state index is 11.8. The first-order chi connectivity index (χ1) is 8.88. The van der Waals surface area contributed by atoms with Crippen molar-refractivity contribution >= 4 is 12.1 Å². The molecule has 2 aliphatic rings. The summed E-state index contributed by atoms with van der Waals surface area (Å²) in [6.07, 6.45) is -6.41. The van der Waals surface area contributed by atoms with Gasteiger partial charge in [0, 0.05) is 13.0 Å². The van der Waals surface area contributed by atoms with Crippen LogP contribution in [0.15, 0.2) is 0 Å². The number of fused-ring (bicyclic) bond motifs is 1. The van der Waals surface area contributed by atoms with E-state index in [1.807, 2.05) is 0 Å². The molecule has 2 heterocycles. The van der Waals surface area contributed by atoms with Crippen molar-refractivity contribution in [2.24, 2.45) is 5.73 Å². The summed E-state index contributed by atoms with van der Waals surface area (Å²) in [5.74, 6) is -1.48. The zero-order valence-electron chi connectivity index (χ0n) is 9.92. The summed E-state index contributed by atoms with van der Waals surface area (Å²) < 4.78 is 4.91. The van der Waals surface area contributed by atoms with E-state index in [-0.39, 0.29) is 13.0 Å². The number of aliphatic carboxylic acids is 1. The smallest absolute Gasteiger partial charge is 0.411 e. The lowest BCUT2D eigenvalue weighted by Gasteiger charge is -2.50. The molecule has 2 fully saturated rings. The number of nitrogens with two attached hydrogens (primary N) is 1. The van der Waals surface area contributed by atoms with Crippen LogP contribution in [0.1, 0.15) is 6.42 Å². The van der Waals surface area contributed by atoms with Crippen molar-refractivity contribution in [3.05, 3.63) is 0 Å². The number of carbonyl (C=O) groups is 2. The predicted octanol–water partition coefficient (Wildman–Crippen LogP) is -2.93. The zero-order chi connectivity index (χ0) is 14.3. The van der Waals surface area contributed by atoms with Crippen molar-refractivity contribution in [3.63, 3.8) is 0 Å². The van der Waals surface area contributed by atoms with Gasteiger partial charge in [-0.15, -0.1) is 0 Å². The molecule has 0 aromatic rings. The van der Waals surface area contributed by atoms with Crippen molar-refractivity contribution in [1.29, 1.82) is 0 Å². The first-order valence-corrected chi connectivity index (χ1v) is 5.84. The number of nitrogens with zero attached hydrogens (tertiary/aromatic N) is 1. The van der Waals surface area contributed by atoms with Crippen LogP contribution in [0.2, 0.25) is 0 Å². The summed E-state index contributed by atoms with van der Waals surface area (Å²) >= 11 is 0. The fourth-order valence-electron chi connectivity index (χ4n) is 2.58. The van der Waals surface area contributed by atoms with Gasteiger partial charge in [-0.25, -0.2) is 9.59 Å². The number of aliphatic hydroxyl groups excluding tert-OH is 3. The maximum Gasteiger partial charge on any atom is 0.411 e. The zero-order valence-corrected chi connectivity index (χ0v) is 9.92. The third kappa shape index (κ3) is 2.14. The van der Waals surface area contributed by atoms with Crippen LogP contribution in [-0.2, 0) is 9.53 Å². The van der Waals surface area contributed by atoms with Gasteiger partial charge in [-0.1, -0.05) is 0 Å². The second-order valence-corrected chi connectivity index (χ2v) is 4.71. The van der Waals surface area contributed by atoms with Crippen molar-refractivity contribution in [2.75, 3.05) is 6.54 Å². The minimum Gasteiger partial charge on any atom is -0.480 e. The molecule has 0 aromatic heterocycles. The normalized spacial score (nSPS) is 42.5. The molecule has 6 atom stereocenters. The van der Waals surface area contributed by atoms with E-state index in [1.54, 1.807) is 0 Å². The molecule has 0 aliphatic carbocycles. The van der Waals surface area contributed by atoms with Gasteiger partial charge in [0.25, 0.3) is 0 Å². The van der Waals surface area contributed by atoms with E-state index >= 15 is 0 Å². The number of hydrogen-bond donors (Lipinski definition) is 5. The van der Waals surface area contributed by atoms with Gasteiger partial charge >= 0.3 is 12.1 Å². The van der Waals surface area contributed by atoms with Crippen molar-refractivity contribution in [3.8, 4) is 0 Å². The molecule has 6 N–H and O–H groups in total. The molecule has 108 valence electrons. The molecule has 9 heteroatoms. The second-order valence-electron chi connectivity index (χ2n) is 4.71. The Morgan fingerprint density at radius 2 is 1.95 bits per heavy atom. The van der Waals surface area contributed by atoms with Crippen LogP contribution in [0.4, 0.5) is 4.79 Å². The van der Waals surface area contributed by atoms with Crippen molar-refractivity contribution < 1.29 is 34.8 Å². The first-order valence-electron chi connectivity index (χ1n) is 5.84. The van der Waals surface area contributed by atoms with Crippen LogP contribution >= 0.6 is 0 Å². The van der Waals surface area contributed by atoms with Gasteiger partial charge in [0.05, 0.1) is 6.04 Å². The third-order valence-corrected chi connectivity index (χ3v) is 3.57. The van der Waals surface area contributed by atoms with Gasteiger partial charge in [0.2, 0.25) is 0 Å². The van der Waals surface area contributed by atoms with Gasteiger partial charge in [0.1, 0.15) is 24.4 Å². The molecule has 0 radical (unpaired) electrons. The molecule has 0 spiro atoms. The Morgan fingerprint density at radius 3 is 2.47 bits per heavy atom. The highest BCUT2D eigenvalue weighted by atomic mass is 16.6. The molecule has 0 saturated carbocycles. The molecule has 19 heavy (non-hydrogen) atoms. The summed E-state index contributed by atoms with van der Waals surface area (Å²) in [5, 5.41) is 38.3. The molecule has 0 aromatic carbocycles. The van der Waals surface area contributed by atoms with Gasteiger partial charge in [0.15, 0.2) is 6.04 Å². The van der Waals surface area contributed by atoms with E-state index in [0.29, 0.717) is 0 Å². The number of ether oxygens (including phenoxy) is 1. The van der Waals surface area contributed by atoms with E-state index in [1.165, 1.54) is 0 Å². The van der Waals surface area contributed by atoms with Crippen LogP contribution in [0.25, 0.3) is 0 Å². The lowest BCUT2D eigenvalue weighted by molar-refractivity contribution is -0.189. The SMILES string of the molecule is NC[C@@H]1C[C@@H]2[C@H](O)[C@@H](O)[C@H](O)[C@@H](C(=O)O)N2C(=O)O1. The standard InChI is InChI=1S/C10H16N2O7/c11-2-3-1-4-6(13)8(15)7(14)5(9(16)17)12(4)10(18)19-3/h3-8,13-15H,1-2,11H2,(H,16,17)/t3-,4+,5-,6-,7+,8+/m0/s1. The Kier molecular flexibility index (Phi) is 3.63. The Balaban J connectivity index is 2.34. The number of carboxylic acid groups (broad SMARTS) is 1. The highest BCUT2D eigenvalue weighted by molar-refractivity contribution is 5.82. The third-order valence-electron chi connectivity index (χ3n) is 3.57. The highest BCUT2D eigenvalue weighted by Crippen LogP contribution is 2.32. The number of aliphatic hydroxyl groups is 3. The average molecular weight is 276 g/mol. The second kappa shape index (κ2) is 4.93. The van der Waals surface area contributed by atoms with E-state index in [4.69, 9.17) is 15.6 Å². The van der Waals surface area contributed by atoms with E-state index in [9.17, 15) is 24.9 Å². The first kappa shape index (κ1) is 14.0.